The van der Waals surface area contributed by atoms with Gasteiger partial charge in [-0.1, -0.05) is 18.7 Å². The number of oxazole rings is 1. The van der Waals surface area contributed by atoms with Gasteiger partial charge in [-0.05, 0) is 43.2 Å². The maximum atomic E-state index is 12.6. The lowest BCUT2D eigenvalue weighted by Gasteiger charge is -2.26. The zero-order valence-electron chi connectivity index (χ0n) is 25.3. The molecular weight excluding hydrogens is 574 g/mol. The highest BCUT2D eigenvalue weighted by atomic mass is 16.5. The van der Waals surface area contributed by atoms with E-state index in [0.29, 0.717) is 57.5 Å². The van der Waals surface area contributed by atoms with E-state index >= 15 is 0 Å². The minimum Gasteiger partial charge on any atom is -0.494 e. The molecule has 2 aliphatic heterocycles. The summed E-state index contributed by atoms with van der Waals surface area (Å²) in [6.07, 6.45) is 5.81. The van der Waals surface area contributed by atoms with Crippen LogP contribution >= 0.6 is 0 Å². The first-order chi connectivity index (χ1) is 21.9. The Kier molecular flexibility index (Phi) is 8.34. The van der Waals surface area contributed by atoms with E-state index < -0.39 is 0 Å². The van der Waals surface area contributed by atoms with E-state index in [0.717, 1.165) is 31.9 Å². The van der Waals surface area contributed by atoms with Gasteiger partial charge in [-0.2, -0.15) is 4.98 Å². The molecule has 2 atom stereocenters. The number of rotatable bonds is 10. The lowest BCUT2D eigenvalue weighted by atomic mass is 10.0. The van der Waals surface area contributed by atoms with Crippen LogP contribution in [0.4, 0.5) is 34.5 Å². The van der Waals surface area contributed by atoms with Crippen LogP contribution in [0.1, 0.15) is 10.4 Å². The number of nitrogens with zero attached hydrogens (tertiary/aromatic N) is 5. The first kappa shape index (κ1) is 29.6. The molecule has 13 heteroatoms. The summed E-state index contributed by atoms with van der Waals surface area (Å²) in [5.74, 6) is 2.00. The van der Waals surface area contributed by atoms with Crippen molar-refractivity contribution in [1.29, 1.82) is 0 Å². The van der Waals surface area contributed by atoms with Crippen molar-refractivity contribution in [3.63, 3.8) is 0 Å². The quantitative estimate of drug-likeness (QED) is 0.192. The van der Waals surface area contributed by atoms with Crippen molar-refractivity contribution < 1.29 is 18.7 Å². The molecule has 0 unspecified atom stereocenters. The number of carbonyl (C=O) groups is 2. The molecule has 2 aromatic heterocycles. The summed E-state index contributed by atoms with van der Waals surface area (Å²) >= 11 is 0. The van der Waals surface area contributed by atoms with Gasteiger partial charge >= 0.3 is 0 Å². The Morgan fingerprint density at radius 3 is 2.51 bits per heavy atom. The van der Waals surface area contributed by atoms with Crippen molar-refractivity contribution >= 4 is 46.3 Å². The number of nitrogens with one attached hydrogen (secondary N) is 4. The van der Waals surface area contributed by atoms with Gasteiger partial charge in [0.15, 0.2) is 0 Å². The van der Waals surface area contributed by atoms with Crippen LogP contribution in [0, 0.1) is 11.8 Å². The van der Waals surface area contributed by atoms with E-state index in [1.165, 1.54) is 18.5 Å². The van der Waals surface area contributed by atoms with E-state index in [2.05, 4.69) is 54.7 Å². The molecule has 0 radical (unpaired) electrons. The standard InChI is InChI=1S/C32H35N9O4/c1-5-28(42)36-24-12-25(27(44-4)13-26(24)41-17-19-15-40(3)16-20(19)18-41)38-32-35-14-22(31-34-10-11-45-31)29(39-32)37-23-9-7-6-8-21(23)30(43)33-2/h5-14,19-20H,1,15-18H2,2-4H3,(H,33,43)(H,36,42)(H2,35,37,38,39)/t19-,20+. The second-order valence-electron chi connectivity index (χ2n) is 11.1. The van der Waals surface area contributed by atoms with Crippen molar-refractivity contribution in [2.45, 2.75) is 0 Å². The molecule has 2 aliphatic rings. The summed E-state index contributed by atoms with van der Waals surface area (Å²) in [6, 6.07) is 10.8. The Morgan fingerprint density at radius 2 is 1.82 bits per heavy atom. The van der Waals surface area contributed by atoms with Gasteiger partial charge in [0, 0.05) is 45.5 Å². The highest BCUT2D eigenvalue weighted by Crippen LogP contribution is 2.42. The monoisotopic (exact) mass is 609 g/mol. The second kappa shape index (κ2) is 12.7. The van der Waals surface area contributed by atoms with Crippen LogP contribution in [0.25, 0.3) is 11.5 Å². The Bertz CT molecular complexity index is 1710. The van der Waals surface area contributed by atoms with Gasteiger partial charge in [0.1, 0.15) is 17.8 Å². The van der Waals surface area contributed by atoms with Crippen molar-refractivity contribution in [3.8, 4) is 17.2 Å². The summed E-state index contributed by atoms with van der Waals surface area (Å²) in [7, 11) is 5.32. The third-order valence-electron chi connectivity index (χ3n) is 8.12. The Balaban J connectivity index is 1.36. The fourth-order valence-corrected chi connectivity index (χ4v) is 6.03. The predicted molar refractivity (Wildman–Crippen MR) is 172 cm³/mol. The summed E-state index contributed by atoms with van der Waals surface area (Å²) in [5, 5.41) is 12.1. The summed E-state index contributed by atoms with van der Waals surface area (Å²) < 4.78 is 11.4. The van der Waals surface area contributed by atoms with E-state index in [-0.39, 0.29) is 17.8 Å². The smallest absolute Gasteiger partial charge is 0.253 e. The van der Waals surface area contributed by atoms with Crippen LogP contribution in [0.3, 0.4) is 0 Å². The van der Waals surface area contributed by atoms with Gasteiger partial charge in [0.25, 0.3) is 5.91 Å². The lowest BCUT2D eigenvalue weighted by molar-refractivity contribution is -0.111. The number of methoxy groups -OCH3 is 1. The number of hydrogen-bond donors (Lipinski definition) is 4. The maximum Gasteiger partial charge on any atom is 0.253 e. The molecule has 2 fully saturated rings. The Labute approximate surface area is 260 Å². The minimum absolute atomic E-state index is 0.232. The zero-order chi connectivity index (χ0) is 31.5. The second-order valence-corrected chi connectivity index (χ2v) is 11.1. The normalized spacial score (nSPS) is 17.4. The minimum atomic E-state index is -0.320. The molecule has 2 amide bonds. The number of benzene rings is 2. The molecule has 4 heterocycles. The highest BCUT2D eigenvalue weighted by molar-refractivity contribution is 6.02. The van der Waals surface area contributed by atoms with Crippen LogP contribution in [-0.4, -0.2) is 79.1 Å². The van der Waals surface area contributed by atoms with E-state index in [9.17, 15) is 9.59 Å². The molecule has 2 saturated heterocycles. The van der Waals surface area contributed by atoms with Gasteiger partial charge in [-0.25, -0.2) is 9.97 Å². The van der Waals surface area contributed by atoms with E-state index in [4.69, 9.17) is 14.1 Å². The number of likely N-dealkylation sites (tertiary alicyclic amines) is 1. The third-order valence-corrected chi connectivity index (χ3v) is 8.12. The molecule has 2 aromatic carbocycles. The van der Waals surface area contributed by atoms with Crippen LogP contribution in [0.2, 0.25) is 0 Å². The molecule has 0 aliphatic carbocycles. The third kappa shape index (κ3) is 6.15. The van der Waals surface area contributed by atoms with Crippen LogP contribution in [-0.2, 0) is 4.79 Å². The largest absolute Gasteiger partial charge is 0.494 e. The Hall–Kier alpha value is -5.43. The average molecular weight is 610 g/mol. The number of carbonyl (C=O) groups excluding carboxylic acids is 2. The molecule has 0 spiro atoms. The first-order valence-corrected chi connectivity index (χ1v) is 14.6. The molecule has 4 N–H and O–H groups in total. The van der Waals surface area contributed by atoms with Crippen LogP contribution in [0.15, 0.2) is 72.1 Å². The van der Waals surface area contributed by atoms with Gasteiger partial charge in [0.05, 0.1) is 47.2 Å². The lowest BCUT2D eigenvalue weighted by Crippen LogP contribution is -2.27. The number of amides is 2. The zero-order valence-corrected chi connectivity index (χ0v) is 25.3. The summed E-state index contributed by atoms with van der Waals surface area (Å²) in [5.41, 5.74) is 3.49. The van der Waals surface area contributed by atoms with Gasteiger partial charge in [-0.3, -0.25) is 9.59 Å². The molecule has 0 bridgehead atoms. The summed E-state index contributed by atoms with van der Waals surface area (Å²) in [6.45, 7) is 7.51. The van der Waals surface area contributed by atoms with Crippen LogP contribution in [0.5, 0.6) is 5.75 Å². The SMILES string of the molecule is C=CC(=O)Nc1cc(Nc2ncc(-c3ncco3)c(Nc3ccccc3C(=O)NC)n2)c(OC)cc1N1C[C@H]2CN(C)C[C@H]2C1. The fraction of sp³-hybridized carbons (Fsp3) is 0.281. The molecular formula is C32H35N9O4. The van der Waals surface area contributed by atoms with Crippen molar-refractivity contribution in [2.75, 3.05) is 68.2 Å². The topological polar surface area (TPSA) is 150 Å². The van der Waals surface area contributed by atoms with E-state index in [1.807, 2.05) is 18.2 Å². The number of fused-ring (bicyclic) bond motifs is 1. The first-order valence-electron chi connectivity index (χ1n) is 14.6. The highest BCUT2D eigenvalue weighted by Gasteiger charge is 2.39. The molecule has 0 saturated carbocycles. The molecule has 4 aromatic rings. The van der Waals surface area contributed by atoms with Crippen LogP contribution < -0.4 is 30.9 Å². The number of para-hydroxylation sites is 1. The van der Waals surface area contributed by atoms with Crippen molar-refractivity contribution in [1.82, 2.24) is 25.2 Å². The van der Waals surface area contributed by atoms with E-state index in [1.54, 1.807) is 38.6 Å². The Morgan fingerprint density at radius 1 is 1.04 bits per heavy atom. The van der Waals surface area contributed by atoms with Crippen molar-refractivity contribution in [3.05, 3.63) is 73.3 Å². The molecule has 6 rings (SSSR count). The number of hydrogen-bond acceptors (Lipinski definition) is 11. The summed E-state index contributed by atoms with van der Waals surface area (Å²) in [4.78, 5) is 43.2. The predicted octanol–water partition coefficient (Wildman–Crippen LogP) is 4.11. The maximum absolute atomic E-state index is 12.6. The average Bonchev–Trinajstić information content (AvgIpc) is 3.79. The number of ether oxygens (including phenoxy) is 1. The molecule has 45 heavy (non-hydrogen) atoms. The van der Waals surface area contributed by atoms with Gasteiger partial charge < -0.3 is 40.2 Å². The van der Waals surface area contributed by atoms with Gasteiger partial charge in [-0.15, -0.1) is 0 Å². The number of aromatic nitrogens is 3. The van der Waals surface area contributed by atoms with Gasteiger partial charge in [0.2, 0.25) is 17.7 Å². The molecule has 13 nitrogen and oxygen atoms in total. The molecule has 232 valence electrons. The fourth-order valence-electron chi connectivity index (χ4n) is 6.03. The van der Waals surface area contributed by atoms with Crippen molar-refractivity contribution in [2.24, 2.45) is 11.8 Å². The number of anilines is 6.